The van der Waals surface area contributed by atoms with Crippen molar-refractivity contribution in [1.82, 2.24) is 15.1 Å². The lowest BCUT2D eigenvalue weighted by molar-refractivity contribution is -0.132. The van der Waals surface area contributed by atoms with Gasteiger partial charge in [-0.1, -0.05) is 28.1 Å². The highest BCUT2D eigenvalue weighted by Crippen LogP contribution is 2.29. The molecule has 5 heteroatoms. The van der Waals surface area contributed by atoms with Gasteiger partial charge < -0.3 is 10.2 Å². The van der Waals surface area contributed by atoms with E-state index in [0.717, 1.165) is 43.7 Å². The Kier molecular flexibility index (Phi) is 5.50. The molecule has 2 aliphatic rings. The Hall–Kier alpha value is -0.910. The molecule has 1 aromatic rings. The van der Waals surface area contributed by atoms with Gasteiger partial charge in [0.25, 0.3) is 0 Å². The van der Waals surface area contributed by atoms with E-state index in [9.17, 15) is 4.79 Å². The van der Waals surface area contributed by atoms with Crippen LogP contribution >= 0.6 is 15.9 Å². The average molecular weight is 366 g/mol. The average Bonchev–Trinajstić information content (AvgIpc) is 3.37. The first kappa shape index (κ1) is 16.0. The van der Waals surface area contributed by atoms with Gasteiger partial charge in [0.15, 0.2) is 0 Å². The van der Waals surface area contributed by atoms with Crippen molar-refractivity contribution < 1.29 is 4.79 Å². The number of hydrogen-bond acceptors (Lipinski definition) is 3. The van der Waals surface area contributed by atoms with Gasteiger partial charge in [0.05, 0.1) is 0 Å². The van der Waals surface area contributed by atoms with Crippen molar-refractivity contribution in [3.63, 3.8) is 0 Å². The summed E-state index contributed by atoms with van der Waals surface area (Å²) in [6.45, 7) is 5.38. The molecule has 0 aromatic heterocycles. The molecule has 1 saturated heterocycles. The monoisotopic (exact) mass is 365 g/mol. The second-order valence-corrected chi connectivity index (χ2v) is 7.13. The molecule has 1 N–H and O–H groups in total. The smallest absolute Gasteiger partial charge is 0.223 e. The van der Waals surface area contributed by atoms with Crippen LogP contribution in [0.3, 0.4) is 0 Å². The SMILES string of the molecule is O=C(CCN(Cc1cccc(Br)c1)C1CC1)N1CCNCC1. The maximum absolute atomic E-state index is 12.3. The number of benzene rings is 1. The van der Waals surface area contributed by atoms with Gasteiger partial charge in [-0.3, -0.25) is 9.69 Å². The fourth-order valence-electron chi connectivity index (χ4n) is 3.01. The van der Waals surface area contributed by atoms with Gasteiger partial charge in [-0.05, 0) is 30.5 Å². The summed E-state index contributed by atoms with van der Waals surface area (Å²) >= 11 is 3.53. The molecule has 120 valence electrons. The highest BCUT2D eigenvalue weighted by molar-refractivity contribution is 9.10. The van der Waals surface area contributed by atoms with Gasteiger partial charge in [0, 0.05) is 56.2 Å². The van der Waals surface area contributed by atoms with E-state index in [1.807, 2.05) is 4.90 Å². The summed E-state index contributed by atoms with van der Waals surface area (Å²) in [5.74, 6) is 0.307. The van der Waals surface area contributed by atoms with Crippen molar-refractivity contribution in [2.24, 2.45) is 0 Å². The lowest BCUT2D eigenvalue weighted by Gasteiger charge is -2.29. The quantitative estimate of drug-likeness (QED) is 0.839. The van der Waals surface area contributed by atoms with E-state index in [4.69, 9.17) is 0 Å². The molecule has 0 radical (unpaired) electrons. The number of hydrogen-bond donors (Lipinski definition) is 1. The Labute approximate surface area is 141 Å². The standard InChI is InChI=1S/C17H24BrN3O/c18-15-3-1-2-14(12-15)13-21(16-4-5-16)9-6-17(22)20-10-7-19-8-11-20/h1-3,12,16,19H,4-11,13H2. The number of halogens is 1. The van der Waals surface area contributed by atoms with E-state index in [0.29, 0.717) is 18.4 Å². The van der Waals surface area contributed by atoms with E-state index in [-0.39, 0.29) is 0 Å². The topological polar surface area (TPSA) is 35.6 Å². The number of rotatable bonds is 6. The minimum absolute atomic E-state index is 0.307. The van der Waals surface area contributed by atoms with Crippen LogP contribution in [0.15, 0.2) is 28.7 Å². The van der Waals surface area contributed by atoms with Crippen LogP contribution in [0, 0.1) is 0 Å². The summed E-state index contributed by atoms with van der Waals surface area (Å²) in [5.41, 5.74) is 1.32. The molecular weight excluding hydrogens is 342 g/mol. The maximum atomic E-state index is 12.3. The van der Waals surface area contributed by atoms with Gasteiger partial charge in [0.2, 0.25) is 5.91 Å². The molecule has 2 fully saturated rings. The molecule has 0 atom stereocenters. The van der Waals surface area contributed by atoms with Crippen molar-refractivity contribution in [2.45, 2.75) is 31.8 Å². The second kappa shape index (κ2) is 7.57. The molecule has 1 aliphatic heterocycles. The maximum Gasteiger partial charge on any atom is 0.223 e. The third-order valence-electron chi connectivity index (χ3n) is 4.42. The number of nitrogens with one attached hydrogen (secondary N) is 1. The number of carbonyl (C=O) groups is 1. The van der Waals surface area contributed by atoms with Crippen LogP contribution < -0.4 is 5.32 Å². The van der Waals surface area contributed by atoms with Crippen molar-refractivity contribution in [3.05, 3.63) is 34.3 Å². The molecule has 1 saturated carbocycles. The van der Waals surface area contributed by atoms with E-state index in [1.165, 1.54) is 18.4 Å². The van der Waals surface area contributed by atoms with Crippen LogP contribution in [-0.2, 0) is 11.3 Å². The number of carbonyl (C=O) groups excluding carboxylic acids is 1. The van der Waals surface area contributed by atoms with Crippen LogP contribution in [0.2, 0.25) is 0 Å². The molecule has 1 amide bonds. The van der Waals surface area contributed by atoms with Crippen LogP contribution in [0.25, 0.3) is 0 Å². The van der Waals surface area contributed by atoms with Gasteiger partial charge in [0.1, 0.15) is 0 Å². The van der Waals surface area contributed by atoms with Crippen molar-refractivity contribution in [2.75, 3.05) is 32.7 Å². The highest BCUT2D eigenvalue weighted by Gasteiger charge is 2.29. The molecule has 0 spiro atoms. The van der Waals surface area contributed by atoms with E-state index in [2.05, 4.69) is 50.4 Å². The van der Waals surface area contributed by atoms with Gasteiger partial charge in [-0.2, -0.15) is 0 Å². The fraction of sp³-hybridized carbons (Fsp3) is 0.588. The van der Waals surface area contributed by atoms with Crippen LogP contribution in [-0.4, -0.2) is 54.5 Å². The molecule has 1 aliphatic carbocycles. The Bertz CT molecular complexity index is 512. The van der Waals surface area contributed by atoms with Crippen molar-refractivity contribution >= 4 is 21.8 Å². The first-order valence-electron chi connectivity index (χ1n) is 8.19. The zero-order chi connectivity index (χ0) is 15.4. The summed E-state index contributed by atoms with van der Waals surface area (Å²) in [6.07, 6.45) is 3.19. The molecule has 1 heterocycles. The number of amides is 1. The Morgan fingerprint density at radius 2 is 2.09 bits per heavy atom. The zero-order valence-corrected chi connectivity index (χ0v) is 14.5. The fourth-order valence-corrected chi connectivity index (χ4v) is 3.46. The van der Waals surface area contributed by atoms with Crippen LogP contribution in [0.4, 0.5) is 0 Å². The third kappa shape index (κ3) is 4.54. The predicted molar refractivity (Wildman–Crippen MR) is 91.6 cm³/mol. The number of nitrogens with zero attached hydrogens (tertiary/aromatic N) is 2. The van der Waals surface area contributed by atoms with Crippen molar-refractivity contribution in [1.29, 1.82) is 0 Å². The highest BCUT2D eigenvalue weighted by atomic mass is 79.9. The molecule has 22 heavy (non-hydrogen) atoms. The Morgan fingerprint density at radius 3 is 2.77 bits per heavy atom. The van der Waals surface area contributed by atoms with E-state index >= 15 is 0 Å². The van der Waals surface area contributed by atoms with Gasteiger partial charge in [-0.25, -0.2) is 0 Å². The number of piperazine rings is 1. The largest absolute Gasteiger partial charge is 0.340 e. The molecule has 1 aromatic carbocycles. The van der Waals surface area contributed by atoms with Gasteiger partial charge in [-0.15, -0.1) is 0 Å². The first-order chi connectivity index (χ1) is 10.7. The molecule has 3 rings (SSSR count). The Morgan fingerprint density at radius 1 is 1.32 bits per heavy atom. The molecular formula is C17H24BrN3O. The third-order valence-corrected chi connectivity index (χ3v) is 4.91. The zero-order valence-electron chi connectivity index (χ0n) is 12.9. The Balaban J connectivity index is 1.52. The summed E-state index contributed by atoms with van der Waals surface area (Å²) in [4.78, 5) is 16.8. The molecule has 0 bridgehead atoms. The van der Waals surface area contributed by atoms with E-state index < -0.39 is 0 Å². The lowest BCUT2D eigenvalue weighted by Crippen LogP contribution is -2.47. The molecule has 4 nitrogen and oxygen atoms in total. The molecule has 0 unspecified atom stereocenters. The summed E-state index contributed by atoms with van der Waals surface area (Å²) < 4.78 is 1.12. The minimum Gasteiger partial charge on any atom is -0.340 e. The summed E-state index contributed by atoms with van der Waals surface area (Å²) in [7, 11) is 0. The normalized spacial score (nSPS) is 18.7. The van der Waals surface area contributed by atoms with Crippen LogP contribution in [0.1, 0.15) is 24.8 Å². The van der Waals surface area contributed by atoms with Crippen molar-refractivity contribution in [3.8, 4) is 0 Å². The summed E-state index contributed by atoms with van der Waals surface area (Å²) in [6, 6.07) is 9.15. The second-order valence-electron chi connectivity index (χ2n) is 6.21. The van der Waals surface area contributed by atoms with E-state index in [1.54, 1.807) is 0 Å². The first-order valence-corrected chi connectivity index (χ1v) is 8.98. The minimum atomic E-state index is 0.307. The predicted octanol–water partition coefficient (Wildman–Crippen LogP) is 2.24. The lowest BCUT2D eigenvalue weighted by atomic mass is 10.2. The van der Waals surface area contributed by atoms with Crippen LogP contribution in [0.5, 0.6) is 0 Å². The van der Waals surface area contributed by atoms with Gasteiger partial charge >= 0.3 is 0 Å². The summed E-state index contributed by atoms with van der Waals surface area (Å²) in [5, 5.41) is 3.29.